The molecule has 2 aliphatic rings. The third-order valence-corrected chi connectivity index (χ3v) is 15.7. The number of fused-ring (bicyclic) bond motifs is 2. The lowest BCUT2D eigenvalue weighted by Crippen LogP contribution is -2.48. The summed E-state index contributed by atoms with van der Waals surface area (Å²) in [4.78, 5) is 75.7. The van der Waals surface area contributed by atoms with Crippen LogP contribution in [0.3, 0.4) is 0 Å². The fraction of sp³-hybridized carbons (Fsp3) is 0.386. The van der Waals surface area contributed by atoms with Gasteiger partial charge in [-0.15, -0.1) is 11.3 Å². The average Bonchev–Trinajstić information content (AvgIpc) is 4.16. The number of nitrogens with one attached hydrogen (secondary N) is 1. The molecule has 0 aliphatic carbocycles. The maximum Gasteiger partial charge on any atom is 0.243 e. The fourth-order valence-corrected chi connectivity index (χ4v) is 11.3. The van der Waals surface area contributed by atoms with Gasteiger partial charge in [-0.3, -0.25) is 19.2 Å². The first-order chi connectivity index (χ1) is 36.5. The van der Waals surface area contributed by atoms with E-state index in [-0.39, 0.29) is 104 Å². The van der Waals surface area contributed by atoms with Crippen LogP contribution in [0.1, 0.15) is 79.9 Å². The Kier molecular flexibility index (Phi) is 16.6. The van der Waals surface area contributed by atoms with Gasteiger partial charge in [-0.2, -0.15) is 0 Å². The second-order valence-corrected chi connectivity index (χ2v) is 21.0. The normalized spacial score (nSPS) is 16.6. The Labute approximate surface area is 449 Å². The molecule has 5 heterocycles. The predicted molar refractivity (Wildman–Crippen MR) is 291 cm³/mol. The predicted octanol–water partition coefficient (Wildman–Crippen LogP) is 8.76. The number of anilines is 1. The summed E-state index contributed by atoms with van der Waals surface area (Å²) >= 11 is 8.48. The highest BCUT2D eigenvalue weighted by Gasteiger charge is 2.42. The quantitative estimate of drug-likeness (QED) is 0.0693. The number of β-amino-alcohol motifs (C(OH)–C–C–N with tert-alkyl or cyclic N) is 1. The molecule has 7 aromatic rings. The minimum Gasteiger partial charge on any atom is -0.508 e. The molecule has 9 rings (SSSR count). The third-order valence-electron chi connectivity index (χ3n) is 14.4. The van der Waals surface area contributed by atoms with Crippen molar-refractivity contribution in [2.75, 3.05) is 64.4 Å². The van der Waals surface area contributed by atoms with E-state index < -0.39 is 23.9 Å². The molecule has 2 aliphatic heterocycles. The van der Waals surface area contributed by atoms with E-state index in [4.69, 9.17) is 30.7 Å². The molecule has 16 nitrogen and oxygen atoms in total. The number of benzene rings is 4. The van der Waals surface area contributed by atoms with E-state index in [0.29, 0.717) is 71.7 Å². The Morgan fingerprint density at radius 3 is 2.47 bits per heavy atom. The van der Waals surface area contributed by atoms with Crippen molar-refractivity contribution in [3.8, 4) is 27.3 Å². The number of halogens is 2. The number of phenolic OH excluding ortho intramolecular Hbond substituents is 1. The summed E-state index contributed by atoms with van der Waals surface area (Å²) < 4.78 is 28.9. The van der Waals surface area contributed by atoms with E-state index in [1.165, 1.54) is 17.9 Å². The van der Waals surface area contributed by atoms with Crippen LogP contribution in [0, 0.1) is 19.7 Å². The molecule has 76 heavy (non-hydrogen) atoms. The molecule has 19 heteroatoms. The number of piperazine rings is 1. The Morgan fingerprint density at radius 1 is 1.00 bits per heavy atom. The number of carbonyl (C=O) groups excluding carboxylic acids is 4. The highest BCUT2D eigenvalue weighted by molar-refractivity contribution is 7.13. The Bertz CT molecular complexity index is 3270. The van der Waals surface area contributed by atoms with Gasteiger partial charge < -0.3 is 44.3 Å². The second-order valence-electron chi connectivity index (χ2n) is 19.8. The van der Waals surface area contributed by atoms with Crippen LogP contribution in [0.4, 0.5) is 10.2 Å². The van der Waals surface area contributed by atoms with Gasteiger partial charge in [0.1, 0.15) is 34.7 Å². The van der Waals surface area contributed by atoms with Crippen molar-refractivity contribution < 1.29 is 42.9 Å². The van der Waals surface area contributed by atoms with Gasteiger partial charge in [-0.05, 0) is 90.9 Å². The zero-order valence-corrected chi connectivity index (χ0v) is 44.8. The van der Waals surface area contributed by atoms with E-state index in [1.807, 2.05) is 79.7 Å². The summed E-state index contributed by atoms with van der Waals surface area (Å²) in [7, 11) is 1.68. The number of aliphatic hydroxyl groups excluding tert-OH is 1. The third kappa shape index (κ3) is 11.8. The van der Waals surface area contributed by atoms with Crippen LogP contribution >= 0.6 is 22.9 Å². The maximum absolute atomic E-state index is 17.1. The minimum atomic E-state index is -0.891. The number of phenols is 1. The summed E-state index contributed by atoms with van der Waals surface area (Å²) in [6.07, 6.45) is 1.79. The lowest BCUT2D eigenvalue weighted by molar-refractivity contribution is -0.140. The number of amides is 4. The first-order valence-electron chi connectivity index (χ1n) is 25.6. The van der Waals surface area contributed by atoms with Crippen LogP contribution in [-0.4, -0.2) is 135 Å². The van der Waals surface area contributed by atoms with Gasteiger partial charge in [-0.25, -0.2) is 19.3 Å². The molecular formula is C57H62ClFN8O8S. The van der Waals surface area contributed by atoms with Crippen molar-refractivity contribution in [2.45, 2.75) is 83.9 Å². The van der Waals surface area contributed by atoms with Crippen molar-refractivity contribution in [3.63, 3.8) is 0 Å². The topological polar surface area (TPSA) is 195 Å². The lowest BCUT2D eigenvalue weighted by Gasteiger charge is -2.35. The van der Waals surface area contributed by atoms with Crippen LogP contribution in [0.2, 0.25) is 5.02 Å². The number of hydrogen-bond acceptors (Lipinski definition) is 13. The summed E-state index contributed by atoms with van der Waals surface area (Å²) in [5, 5.41) is 26.5. The molecule has 0 saturated carbocycles. The minimum absolute atomic E-state index is 0.00344. The smallest absolute Gasteiger partial charge is 0.243 e. The van der Waals surface area contributed by atoms with Gasteiger partial charge in [0, 0.05) is 90.1 Å². The van der Waals surface area contributed by atoms with Gasteiger partial charge in [0.2, 0.25) is 23.6 Å². The fourth-order valence-electron chi connectivity index (χ4n) is 10.2. The number of likely N-dealkylation sites (tertiary alicyclic amines) is 1. The molecular weight excluding hydrogens is 1010 g/mol. The van der Waals surface area contributed by atoms with Crippen molar-refractivity contribution in [1.29, 1.82) is 0 Å². The van der Waals surface area contributed by atoms with Crippen molar-refractivity contribution in [2.24, 2.45) is 0 Å². The Hall–Kier alpha value is -6.99. The average molecular weight is 1070 g/mol. The standard InChI is InChI=1S/C57H62ClFN8O8S/c1-33-25-48(75-31-33)43(57(73)67-30-41(70)28-47(67)56(72)61-34(2)37-13-15-38(16-14-37)54-35(3)60-32-76-54)17-23-74-24-22-64(5)50(71)12-8-11-49-62-53-45(55(63-49)66-20-18-65(19-21-66)36(4)68)29-46(58)51(52(53)59)44-27-40(69)26-39-9-6-7-10-42(39)44/h6-7,9-10,13-16,25-27,29,31-32,34,41,43,47,69-70H,8,11-12,17-24,28,30H2,1-5H3,(H,61,72)/t34-,41+,43?,47-/m0/s1. The molecule has 2 saturated heterocycles. The number of aryl methyl sites for hydroxylation is 3. The van der Waals surface area contributed by atoms with Crippen LogP contribution in [0.25, 0.3) is 43.2 Å². The molecule has 4 aromatic carbocycles. The first kappa shape index (κ1) is 53.8. The number of rotatable bonds is 18. The molecule has 4 amide bonds. The number of aliphatic hydroxyl groups is 1. The largest absolute Gasteiger partial charge is 0.508 e. The number of carbonyl (C=O) groups is 4. The second kappa shape index (κ2) is 23.5. The maximum atomic E-state index is 17.1. The molecule has 3 aromatic heterocycles. The number of aromatic nitrogens is 3. The molecule has 398 valence electrons. The SMILES string of the molecule is CC(=O)N1CCN(c2nc(CCCC(=O)N(C)CCOCCC(C(=O)N3C[C@H](O)C[C@H]3C(=O)N[C@@H](C)c3ccc(-c4scnc4C)cc3)c3cc(C)co3)nc3c(F)c(-c4cc(O)cc5ccccc45)c(Cl)cc23)CC1. The molecule has 0 radical (unpaired) electrons. The van der Waals surface area contributed by atoms with E-state index >= 15 is 4.39 Å². The van der Waals surface area contributed by atoms with Crippen LogP contribution in [-0.2, 0) is 30.3 Å². The molecule has 4 atom stereocenters. The van der Waals surface area contributed by atoms with Gasteiger partial charge in [0.25, 0.3) is 0 Å². The van der Waals surface area contributed by atoms with Gasteiger partial charge in [-0.1, -0.05) is 60.1 Å². The molecule has 2 fully saturated rings. The summed E-state index contributed by atoms with van der Waals surface area (Å²) in [6, 6.07) is 20.6. The van der Waals surface area contributed by atoms with Crippen LogP contribution in [0.5, 0.6) is 5.75 Å². The van der Waals surface area contributed by atoms with Crippen molar-refractivity contribution in [1.82, 2.24) is 35.0 Å². The zero-order chi connectivity index (χ0) is 53.8. The van der Waals surface area contributed by atoms with E-state index in [2.05, 4.69) is 10.3 Å². The van der Waals surface area contributed by atoms with E-state index in [0.717, 1.165) is 27.3 Å². The number of thiazole rings is 1. The molecule has 0 spiro atoms. The van der Waals surface area contributed by atoms with Gasteiger partial charge >= 0.3 is 0 Å². The molecule has 0 bridgehead atoms. The van der Waals surface area contributed by atoms with E-state index in [9.17, 15) is 29.4 Å². The summed E-state index contributed by atoms with van der Waals surface area (Å²) in [6.45, 7) is 9.68. The first-order valence-corrected chi connectivity index (χ1v) is 26.9. The van der Waals surface area contributed by atoms with Gasteiger partial charge in [0.15, 0.2) is 5.82 Å². The Morgan fingerprint density at radius 2 is 1.76 bits per heavy atom. The Balaban J connectivity index is 0.814. The summed E-state index contributed by atoms with van der Waals surface area (Å²) in [5.74, 6) is -1.13. The van der Waals surface area contributed by atoms with Crippen LogP contribution in [0.15, 0.2) is 89.0 Å². The monoisotopic (exact) mass is 1070 g/mol. The zero-order valence-electron chi connectivity index (χ0n) is 43.2. The molecule has 3 N–H and O–H groups in total. The molecule has 1 unspecified atom stereocenters. The number of aromatic hydroxyl groups is 1. The van der Waals surface area contributed by atoms with Gasteiger partial charge in [0.05, 0.1) is 52.0 Å². The summed E-state index contributed by atoms with van der Waals surface area (Å²) in [5.41, 5.74) is 6.11. The number of hydrogen-bond donors (Lipinski definition) is 3. The lowest BCUT2D eigenvalue weighted by atomic mass is 9.96. The number of likely N-dealkylation sites (N-methyl/N-ethyl adjacent to an activating group) is 1. The highest BCUT2D eigenvalue weighted by atomic mass is 35.5. The number of furan rings is 1. The van der Waals surface area contributed by atoms with Crippen molar-refractivity contribution >= 4 is 74.1 Å². The number of ether oxygens (including phenoxy) is 1. The number of nitrogens with zero attached hydrogens (tertiary/aromatic N) is 7. The van der Waals surface area contributed by atoms with Crippen molar-refractivity contribution in [3.05, 3.63) is 124 Å². The highest BCUT2D eigenvalue weighted by Crippen LogP contribution is 2.42. The van der Waals surface area contributed by atoms with Crippen LogP contribution < -0.4 is 10.2 Å². The van der Waals surface area contributed by atoms with E-state index in [1.54, 1.807) is 52.6 Å².